The van der Waals surface area contributed by atoms with Crippen LogP contribution in [0, 0.1) is 0 Å². The molecule has 0 unspecified atom stereocenters. The van der Waals surface area contributed by atoms with Gasteiger partial charge in [0.05, 0.1) is 12.2 Å². The third-order valence-corrected chi connectivity index (χ3v) is 5.20. The first kappa shape index (κ1) is 21.0. The molecule has 0 aliphatic carbocycles. The fourth-order valence-corrected chi connectivity index (χ4v) is 3.85. The van der Waals surface area contributed by atoms with E-state index in [0.29, 0.717) is 6.54 Å². The number of halogens is 1. The third kappa shape index (κ3) is 6.15. The van der Waals surface area contributed by atoms with Gasteiger partial charge in [0, 0.05) is 57.4 Å². The average Bonchev–Trinajstić information content (AvgIpc) is 3.34. The molecule has 2 aromatic heterocycles. The summed E-state index contributed by atoms with van der Waals surface area (Å²) < 4.78 is 2.05. The first-order chi connectivity index (χ1) is 12.2. The van der Waals surface area contributed by atoms with E-state index >= 15 is 0 Å². The zero-order valence-electron chi connectivity index (χ0n) is 15.6. The van der Waals surface area contributed by atoms with Crippen LogP contribution in [0.15, 0.2) is 28.8 Å². The molecule has 1 aliphatic heterocycles. The number of hydrogen-bond donors (Lipinski definition) is 2. The van der Waals surface area contributed by atoms with Crippen molar-refractivity contribution < 1.29 is 0 Å². The van der Waals surface area contributed by atoms with Crippen molar-refractivity contribution in [1.82, 2.24) is 20.2 Å². The number of rotatable bonds is 7. The lowest BCUT2D eigenvalue weighted by atomic mass is 10.3. The van der Waals surface area contributed by atoms with Gasteiger partial charge in [-0.15, -0.1) is 35.3 Å². The normalized spacial score (nSPS) is 14.4. The van der Waals surface area contributed by atoms with E-state index < -0.39 is 0 Å². The van der Waals surface area contributed by atoms with Gasteiger partial charge in [0.1, 0.15) is 0 Å². The number of aromatic nitrogens is 2. The van der Waals surface area contributed by atoms with Crippen molar-refractivity contribution in [3.05, 3.63) is 35.1 Å². The molecular formula is C18H29IN6S. The molecule has 1 fully saturated rings. The molecule has 0 saturated carbocycles. The number of nitrogens with one attached hydrogen (secondary N) is 2. The van der Waals surface area contributed by atoms with Crippen LogP contribution < -0.4 is 15.5 Å². The molecule has 0 bridgehead atoms. The van der Waals surface area contributed by atoms with Gasteiger partial charge in [0.2, 0.25) is 0 Å². The molecule has 0 aromatic carbocycles. The topological polar surface area (TPSA) is 57.5 Å². The van der Waals surface area contributed by atoms with Gasteiger partial charge in [-0.1, -0.05) is 0 Å². The van der Waals surface area contributed by atoms with E-state index in [0.717, 1.165) is 38.6 Å². The van der Waals surface area contributed by atoms with Gasteiger partial charge in [0.15, 0.2) is 11.1 Å². The maximum Gasteiger partial charge on any atom is 0.191 e. The number of thiazole rings is 1. The molecule has 1 saturated heterocycles. The van der Waals surface area contributed by atoms with Gasteiger partial charge in [0.25, 0.3) is 0 Å². The Morgan fingerprint density at radius 2 is 2.12 bits per heavy atom. The lowest BCUT2D eigenvalue weighted by Gasteiger charge is -2.12. The zero-order valence-corrected chi connectivity index (χ0v) is 18.7. The summed E-state index contributed by atoms with van der Waals surface area (Å²) in [4.78, 5) is 11.8. The molecule has 3 rings (SSSR count). The number of nitrogens with zero attached hydrogens (tertiary/aromatic N) is 4. The van der Waals surface area contributed by atoms with E-state index in [1.165, 1.54) is 29.2 Å². The SMILES string of the molecule is CCNC(=NCc1ccn(C)c1)NCCc1csc(N2CCCC2)n1.I. The van der Waals surface area contributed by atoms with Gasteiger partial charge >= 0.3 is 0 Å². The molecule has 0 spiro atoms. The lowest BCUT2D eigenvalue weighted by molar-refractivity contribution is 0.789. The van der Waals surface area contributed by atoms with E-state index in [9.17, 15) is 0 Å². The van der Waals surface area contributed by atoms with Gasteiger partial charge in [-0.3, -0.25) is 0 Å². The fraction of sp³-hybridized carbons (Fsp3) is 0.556. The van der Waals surface area contributed by atoms with Crippen LogP contribution in [0.3, 0.4) is 0 Å². The summed E-state index contributed by atoms with van der Waals surface area (Å²) in [5, 5.41) is 10.1. The summed E-state index contributed by atoms with van der Waals surface area (Å²) >= 11 is 1.76. The third-order valence-electron chi connectivity index (χ3n) is 4.25. The van der Waals surface area contributed by atoms with Crippen LogP contribution >= 0.6 is 35.3 Å². The number of hydrogen-bond acceptors (Lipinski definition) is 4. The Hall–Kier alpha value is -1.29. The van der Waals surface area contributed by atoms with Gasteiger partial charge in [-0.05, 0) is 31.4 Å². The Labute approximate surface area is 177 Å². The molecule has 8 heteroatoms. The maximum atomic E-state index is 4.77. The quantitative estimate of drug-likeness (QED) is 0.358. The van der Waals surface area contributed by atoms with Gasteiger partial charge < -0.3 is 20.1 Å². The van der Waals surface area contributed by atoms with Crippen LogP contribution in [0.25, 0.3) is 0 Å². The van der Waals surface area contributed by atoms with E-state index in [1.807, 2.05) is 17.8 Å². The molecule has 2 aromatic rings. The Morgan fingerprint density at radius 1 is 1.31 bits per heavy atom. The first-order valence-electron chi connectivity index (χ1n) is 9.07. The lowest BCUT2D eigenvalue weighted by Crippen LogP contribution is -2.38. The summed E-state index contributed by atoms with van der Waals surface area (Å²) in [6.07, 6.45) is 7.65. The molecule has 2 N–H and O–H groups in total. The molecule has 0 atom stereocenters. The van der Waals surface area contributed by atoms with Crippen molar-refractivity contribution in [3.8, 4) is 0 Å². The zero-order chi connectivity index (χ0) is 17.5. The minimum atomic E-state index is 0. The molecule has 6 nitrogen and oxygen atoms in total. The van der Waals surface area contributed by atoms with Crippen molar-refractivity contribution in [2.75, 3.05) is 31.1 Å². The molecule has 0 amide bonds. The summed E-state index contributed by atoms with van der Waals surface area (Å²) in [7, 11) is 2.03. The Morgan fingerprint density at radius 3 is 2.81 bits per heavy atom. The highest BCUT2D eigenvalue weighted by Crippen LogP contribution is 2.24. The number of guanidine groups is 1. The minimum absolute atomic E-state index is 0. The smallest absolute Gasteiger partial charge is 0.191 e. The Kier molecular flexibility index (Phi) is 8.70. The highest BCUT2D eigenvalue weighted by atomic mass is 127. The molecule has 0 radical (unpaired) electrons. The number of aliphatic imine (C=N–C) groups is 1. The second-order valence-electron chi connectivity index (χ2n) is 6.37. The van der Waals surface area contributed by atoms with Crippen molar-refractivity contribution in [3.63, 3.8) is 0 Å². The second kappa shape index (κ2) is 10.8. The highest BCUT2D eigenvalue weighted by Gasteiger charge is 2.15. The van der Waals surface area contributed by atoms with Crippen LogP contribution in [0.4, 0.5) is 5.13 Å². The van der Waals surface area contributed by atoms with E-state index in [4.69, 9.17) is 4.98 Å². The van der Waals surface area contributed by atoms with Crippen molar-refractivity contribution in [1.29, 1.82) is 0 Å². The predicted octanol–water partition coefficient (Wildman–Crippen LogP) is 3.00. The average molecular weight is 488 g/mol. The van der Waals surface area contributed by atoms with Crippen LogP contribution in [-0.2, 0) is 20.0 Å². The molecule has 1 aliphatic rings. The Balaban J connectivity index is 0.00000243. The summed E-state index contributed by atoms with van der Waals surface area (Å²) in [6, 6.07) is 2.10. The second-order valence-corrected chi connectivity index (χ2v) is 7.21. The Bertz CT molecular complexity index is 689. The van der Waals surface area contributed by atoms with Gasteiger partial charge in [-0.25, -0.2) is 9.98 Å². The fourth-order valence-electron chi connectivity index (χ4n) is 2.94. The maximum absolute atomic E-state index is 4.77. The summed E-state index contributed by atoms with van der Waals surface area (Å²) in [5.41, 5.74) is 2.38. The number of aryl methyl sites for hydroxylation is 1. The molecule has 144 valence electrons. The molecular weight excluding hydrogens is 459 g/mol. The standard InChI is InChI=1S/C18H28N6S.HI/c1-3-19-17(21-12-15-7-11-23(2)13-15)20-8-6-16-14-25-18(22-16)24-9-4-5-10-24;/h7,11,13-14H,3-6,8-10,12H2,1-2H3,(H2,19,20,21);1H. The van der Waals surface area contributed by atoms with Crippen molar-refractivity contribution >= 4 is 46.4 Å². The van der Waals surface area contributed by atoms with Crippen LogP contribution in [0.1, 0.15) is 31.0 Å². The first-order valence-corrected chi connectivity index (χ1v) is 9.95. The van der Waals surface area contributed by atoms with Gasteiger partial charge in [-0.2, -0.15) is 0 Å². The summed E-state index contributed by atoms with van der Waals surface area (Å²) in [6.45, 7) is 6.78. The highest BCUT2D eigenvalue weighted by molar-refractivity contribution is 14.0. The monoisotopic (exact) mass is 488 g/mol. The van der Waals surface area contributed by atoms with Crippen molar-refractivity contribution in [2.24, 2.45) is 12.0 Å². The summed E-state index contributed by atoms with van der Waals surface area (Å²) in [5.74, 6) is 0.862. The number of anilines is 1. The van der Waals surface area contributed by atoms with E-state index in [2.05, 4.69) is 45.1 Å². The van der Waals surface area contributed by atoms with Crippen LogP contribution in [0.2, 0.25) is 0 Å². The minimum Gasteiger partial charge on any atom is -0.357 e. The van der Waals surface area contributed by atoms with Crippen LogP contribution in [-0.4, -0.2) is 41.7 Å². The molecule has 26 heavy (non-hydrogen) atoms. The predicted molar refractivity (Wildman–Crippen MR) is 121 cm³/mol. The molecule has 3 heterocycles. The van der Waals surface area contributed by atoms with Crippen molar-refractivity contribution in [2.45, 2.75) is 32.7 Å². The van der Waals surface area contributed by atoms with Crippen LogP contribution in [0.5, 0.6) is 0 Å². The van der Waals surface area contributed by atoms with E-state index in [1.54, 1.807) is 11.3 Å². The largest absolute Gasteiger partial charge is 0.357 e. The van der Waals surface area contributed by atoms with E-state index in [-0.39, 0.29) is 24.0 Å².